The fourth-order valence-corrected chi connectivity index (χ4v) is 0. The van der Waals surface area contributed by atoms with Crippen molar-refractivity contribution in [1.82, 2.24) is 0 Å². The van der Waals surface area contributed by atoms with Crippen LogP contribution in [0.25, 0.3) is 0 Å². The van der Waals surface area contributed by atoms with E-state index in [0.29, 0.717) is 0 Å². The maximum atomic E-state index is 9.10. The molecule has 9 nitrogen and oxygen atoms in total. The van der Waals surface area contributed by atoms with Gasteiger partial charge in [0, 0.05) is 0 Å². The maximum absolute atomic E-state index is 9.10. The zero-order valence-electron chi connectivity index (χ0n) is 5.33. The van der Waals surface area contributed by atoms with Crippen molar-refractivity contribution in [3.63, 3.8) is 0 Å². The van der Waals surface area contributed by atoms with Crippen molar-refractivity contribution in [2.75, 3.05) is 0 Å². The summed E-state index contributed by atoms with van der Waals surface area (Å²) in [5.41, 5.74) is 0. The van der Waals surface area contributed by atoms with Crippen LogP contribution in [0.1, 0.15) is 0 Å². The topological polar surface area (TPSA) is 181 Å². The molecule has 10 heteroatoms. The molecule has 0 bridgehead atoms. The van der Waals surface area contributed by atoms with Crippen LogP contribution in [0, 0.1) is 0 Å². The Bertz CT molecular complexity index is 215. The lowest BCUT2D eigenvalue weighted by Crippen LogP contribution is -2.09. The molecule has 0 aromatic heterocycles. The third-order valence-corrected chi connectivity index (χ3v) is 0.183. The van der Waals surface area contributed by atoms with Gasteiger partial charge in [0.1, 0.15) is 0 Å². The molecule has 0 aliphatic heterocycles. The van der Waals surface area contributed by atoms with Gasteiger partial charge in [-0.15, -0.1) is 0 Å². The lowest BCUT2D eigenvalue weighted by molar-refractivity contribution is -0.159. The minimum atomic E-state index is -4.67. The highest BCUT2D eigenvalue weighted by molar-refractivity contribution is 7.79. The molecule has 0 radical (unpaired) electrons. The summed E-state index contributed by atoms with van der Waals surface area (Å²) in [6.45, 7) is 0. The highest BCUT2D eigenvalue weighted by atomic mass is 32.3. The minimum absolute atomic E-state index is 0. The van der Waals surface area contributed by atoms with Crippen LogP contribution in [-0.2, 0) is 20.0 Å². The van der Waals surface area contributed by atoms with E-state index >= 15 is 0 Å². The van der Waals surface area contributed by atoms with Crippen LogP contribution >= 0.6 is 0 Å². The van der Waals surface area contributed by atoms with Crippen molar-refractivity contribution in [2.45, 2.75) is 0 Å². The molecule has 6 N–H and O–H groups in total. The largest absolute Gasteiger partial charge is 0.473 e. The maximum Gasteiger partial charge on any atom is 0.414 e. The lowest BCUT2D eigenvalue weighted by Gasteiger charge is -1.72. The van der Waals surface area contributed by atoms with E-state index in [0.717, 1.165) is 0 Å². The van der Waals surface area contributed by atoms with E-state index in [9.17, 15) is 0 Å². The molecule has 0 saturated heterocycles. The molecule has 74 valence electrons. The average molecular weight is 206 g/mol. The van der Waals surface area contributed by atoms with Gasteiger partial charge in [0.25, 0.3) is 0 Å². The van der Waals surface area contributed by atoms with E-state index in [4.69, 9.17) is 37.3 Å². The quantitative estimate of drug-likeness (QED) is 0.251. The Hall–Kier alpha value is -1.23. The summed E-state index contributed by atoms with van der Waals surface area (Å²) < 4.78 is 31.6. The standard InChI is InChI=1S/C2H2O4.H2O4S.H2O/c3-1(4)2(5)6;1-5(2,3)4;/h(H,3,4)(H,5,6);(H2,1,2,3,4);1H2. The zero-order chi connectivity index (χ0) is 9.65. The number of aliphatic carboxylic acids is 2. The van der Waals surface area contributed by atoms with Crippen LogP contribution in [0.3, 0.4) is 0 Å². The molecule has 0 aromatic rings. The van der Waals surface area contributed by atoms with Crippen LogP contribution in [0.5, 0.6) is 0 Å². The predicted molar refractivity (Wildman–Crippen MR) is 33.1 cm³/mol. The van der Waals surface area contributed by atoms with Crippen molar-refractivity contribution in [2.24, 2.45) is 0 Å². The second kappa shape index (κ2) is 6.48. The second-order valence-corrected chi connectivity index (χ2v) is 1.95. The van der Waals surface area contributed by atoms with Gasteiger partial charge < -0.3 is 15.7 Å². The number of carbonyl (C=O) groups is 2. The van der Waals surface area contributed by atoms with E-state index in [-0.39, 0.29) is 5.48 Å². The van der Waals surface area contributed by atoms with E-state index in [1.54, 1.807) is 0 Å². The number of hydrogen-bond acceptors (Lipinski definition) is 4. The van der Waals surface area contributed by atoms with Crippen LogP contribution in [0.15, 0.2) is 0 Å². The number of carboxylic acid groups (broad SMARTS) is 2. The summed E-state index contributed by atoms with van der Waals surface area (Å²) in [4.78, 5) is 18.2. The van der Waals surface area contributed by atoms with Crippen LogP contribution in [0.2, 0.25) is 0 Å². The van der Waals surface area contributed by atoms with Gasteiger partial charge in [-0.25, -0.2) is 9.59 Å². The molecule has 0 unspecified atom stereocenters. The molecule has 0 aliphatic rings. The Kier molecular flexibility index (Phi) is 9.19. The summed E-state index contributed by atoms with van der Waals surface area (Å²) in [6.07, 6.45) is 0. The SMILES string of the molecule is O.O=C(O)C(=O)O.O=S(=O)(O)O. The van der Waals surface area contributed by atoms with Gasteiger partial charge in [-0.1, -0.05) is 0 Å². The Morgan fingerprint density at radius 3 is 1.00 bits per heavy atom. The molecule has 0 heterocycles. The monoisotopic (exact) mass is 206 g/mol. The molecule has 0 atom stereocenters. The first kappa shape index (κ1) is 17.0. The number of carboxylic acids is 2. The summed E-state index contributed by atoms with van der Waals surface area (Å²) in [6, 6.07) is 0. The van der Waals surface area contributed by atoms with Crippen LogP contribution in [-0.4, -0.2) is 45.2 Å². The average Bonchev–Trinajstić information content (AvgIpc) is 1.59. The molecule has 0 fully saturated rings. The van der Waals surface area contributed by atoms with Crippen molar-refractivity contribution in [1.29, 1.82) is 0 Å². The Morgan fingerprint density at radius 2 is 1.00 bits per heavy atom. The molecular weight excluding hydrogens is 200 g/mol. The van der Waals surface area contributed by atoms with E-state index in [2.05, 4.69) is 0 Å². The molecule has 0 aliphatic carbocycles. The Labute approximate surface area is 66.1 Å². The van der Waals surface area contributed by atoms with Crippen molar-refractivity contribution < 1.29 is 42.8 Å². The molecule has 0 amide bonds. The molecule has 0 rings (SSSR count). The van der Waals surface area contributed by atoms with Gasteiger partial charge in [-0.05, 0) is 0 Å². The van der Waals surface area contributed by atoms with Gasteiger partial charge in [0.2, 0.25) is 0 Å². The van der Waals surface area contributed by atoms with E-state index < -0.39 is 22.3 Å². The van der Waals surface area contributed by atoms with Gasteiger partial charge in [-0.2, -0.15) is 8.42 Å². The third kappa shape index (κ3) is 69.0. The fourth-order valence-electron chi connectivity index (χ4n) is 0. The Morgan fingerprint density at radius 1 is 0.917 bits per heavy atom. The molecule has 0 spiro atoms. The molecule has 0 saturated carbocycles. The summed E-state index contributed by atoms with van der Waals surface area (Å²) in [5, 5.41) is 14.8. The Balaban J connectivity index is -0.000000126. The van der Waals surface area contributed by atoms with Gasteiger partial charge in [0.05, 0.1) is 0 Å². The second-order valence-electron chi connectivity index (χ2n) is 1.06. The van der Waals surface area contributed by atoms with Crippen LogP contribution in [0.4, 0.5) is 0 Å². The molecular formula is C2H6O9S. The lowest BCUT2D eigenvalue weighted by atomic mass is 10.7. The highest BCUT2D eigenvalue weighted by Gasteiger charge is 2.04. The van der Waals surface area contributed by atoms with Crippen molar-refractivity contribution >= 4 is 22.3 Å². The predicted octanol–water partition coefficient (Wildman–Crippen LogP) is -2.32. The van der Waals surface area contributed by atoms with Gasteiger partial charge >= 0.3 is 22.3 Å². The van der Waals surface area contributed by atoms with Gasteiger partial charge in [-0.3, -0.25) is 9.11 Å². The molecule has 0 aromatic carbocycles. The van der Waals surface area contributed by atoms with Gasteiger partial charge in [0.15, 0.2) is 0 Å². The van der Waals surface area contributed by atoms with E-state index in [1.165, 1.54) is 0 Å². The number of rotatable bonds is 0. The first-order valence-corrected chi connectivity index (χ1v) is 3.20. The smallest absolute Gasteiger partial charge is 0.414 e. The zero-order valence-corrected chi connectivity index (χ0v) is 6.15. The highest BCUT2D eigenvalue weighted by Crippen LogP contribution is 1.59. The van der Waals surface area contributed by atoms with Crippen molar-refractivity contribution in [3.8, 4) is 0 Å². The summed E-state index contributed by atoms with van der Waals surface area (Å²) in [5.74, 6) is -3.65. The third-order valence-electron chi connectivity index (χ3n) is 0.183. The van der Waals surface area contributed by atoms with Crippen molar-refractivity contribution in [3.05, 3.63) is 0 Å². The van der Waals surface area contributed by atoms with Crippen LogP contribution < -0.4 is 0 Å². The first-order valence-electron chi connectivity index (χ1n) is 1.80. The summed E-state index contributed by atoms with van der Waals surface area (Å²) in [7, 11) is -4.67. The molecule has 12 heavy (non-hydrogen) atoms. The van der Waals surface area contributed by atoms with E-state index in [1.807, 2.05) is 0 Å². The first-order chi connectivity index (χ1) is 4.64. The normalized spacial score (nSPS) is 8.50. The minimum Gasteiger partial charge on any atom is -0.473 e. The summed E-state index contributed by atoms with van der Waals surface area (Å²) >= 11 is 0. The fraction of sp³-hybridized carbons (Fsp3) is 0. The number of hydrogen-bond donors (Lipinski definition) is 4.